The fraction of sp³-hybridized carbons (Fsp3) is 0.571. The first-order chi connectivity index (χ1) is 8.69. The van der Waals surface area contributed by atoms with E-state index >= 15 is 0 Å². The molecule has 0 spiro atoms. The van der Waals surface area contributed by atoms with E-state index in [0.717, 1.165) is 44.6 Å². The smallest absolute Gasteiger partial charge is 0.137 e. The summed E-state index contributed by atoms with van der Waals surface area (Å²) in [4.78, 5) is 2.39. The van der Waals surface area contributed by atoms with Gasteiger partial charge < -0.3 is 14.7 Å². The highest BCUT2D eigenvalue weighted by Gasteiger charge is 2.16. The fourth-order valence-electron chi connectivity index (χ4n) is 2.30. The summed E-state index contributed by atoms with van der Waals surface area (Å²) in [7, 11) is 1.62. The molecular weight excluding hydrogens is 250 g/mol. The number of rotatable bonds is 4. The molecule has 3 nitrogen and oxygen atoms in total. The number of piperidine rings is 1. The summed E-state index contributed by atoms with van der Waals surface area (Å²) >= 11 is 6.10. The van der Waals surface area contributed by atoms with Crippen LogP contribution in [0.3, 0.4) is 0 Å². The summed E-state index contributed by atoms with van der Waals surface area (Å²) in [5, 5.41) is 10.1. The minimum absolute atomic E-state index is 0.100. The van der Waals surface area contributed by atoms with Gasteiger partial charge in [-0.05, 0) is 37.0 Å². The summed E-state index contributed by atoms with van der Waals surface area (Å²) in [5.41, 5.74) is 1.23. The molecular formula is C14H20ClNO2. The molecule has 2 rings (SSSR count). The summed E-state index contributed by atoms with van der Waals surface area (Å²) in [6, 6.07) is 5.94. The minimum Gasteiger partial charge on any atom is -0.495 e. The molecule has 1 heterocycles. The van der Waals surface area contributed by atoms with Crippen LogP contribution in [0.5, 0.6) is 5.75 Å². The summed E-state index contributed by atoms with van der Waals surface area (Å²) < 4.78 is 5.14. The zero-order valence-electron chi connectivity index (χ0n) is 10.7. The fourth-order valence-corrected chi connectivity index (χ4v) is 2.58. The van der Waals surface area contributed by atoms with Gasteiger partial charge in [-0.1, -0.05) is 17.7 Å². The van der Waals surface area contributed by atoms with E-state index in [0.29, 0.717) is 5.02 Å². The maximum absolute atomic E-state index is 9.45. The average molecular weight is 270 g/mol. The first-order valence-corrected chi connectivity index (χ1v) is 6.79. The van der Waals surface area contributed by atoms with Gasteiger partial charge in [0.2, 0.25) is 0 Å². The van der Waals surface area contributed by atoms with Crippen LogP contribution in [0.15, 0.2) is 18.2 Å². The summed E-state index contributed by atoms with van der Waals surface area (Å²) in [6.45, 7) is 3.01. The Morgan fingerprint density at radius 3 is 2.72 bits per heavy atom. The summed E-state index contributed by atoms with van der Waals surface area (Å²) in [6.07, 6.45) is 2.67. The zero-order valence-corrected chi connectivity index (χ0v) is 11.5. The van der Waals surface area contributed by atoms with Gasteiger partial charge in [0.1, 0.15) is 5.75 Å². The third-order valence-electron chi connectivity index (χ3n) is 3.49. The highest BCUT2D eigenvalue weighted by atomic mass is 35.5. The third-order valence-corrected chi connectivity index (χ3v) is 3.79. The second kappa shape index (κ2) is 6.41. The van der Waals surface area contributed by atoms with Gasteiger partial charge in [-0.25, -0.2) is 0 Å². The van der Waals surface area contributed by atoms with Crippen LogP contribution in [0.25, 0.3) is 0 Å². The zero-order chi connectivity index (χ0) is 13.0. The van der Waals surface area contributed by atoms with E-state index in [2.05, 4.69) is 11.0 Å². The highest BCUT2D eigenvalue weighted by Crippen LogP contribution is 2.25. The van der Waals surface area contributed by atoms with Crippen molar-refractivity contribution in [1.29, 1.82) is 0 Å². The van der Waals surface area contributed by atoms with Crippen molar-refractivity contribution >= 4 is 11.6 Å². The van der Waals surface area contributed by atoms with Crippen molar-refractivity contribution in [2.45, 2.75) is 25.4 Å². The standard InChI is InChI=1S/C14H20ClNO2/c1-18-14-3-2-11(10-13(14)15)4-7-16-8-5-12(17)6-9-16/h2-3,10,12,17H,4-9H2,1H3. The Kier molecular flexibility index (Phi) is 4.87. The Balaban J connectivity index is 1.84. The summed E-state index contributed by atoms with van der Waals surface area (Å²) in [5.74, 6) is 0.724. The molecule has 1 aromatic carbocycles. The molecule has 0 aromatic heterocycles. The van der Waals surface area contributed by atoms with Crippen LogP contribution in [-0.2, 0) is 6.42 Å². The normalized spacial score (nSPS) is 17.9. The molecule has 0 amide bonds. The van der Waals surface area contributed by atoms with E-state index in [1.165, 1.54) is 5.56 Å². The van der Waals surface area contributed by atoms with Crippen molar-refractivity contribution in [2.24, 2.45) is 0 Å². The molecule has 100 valence electrons. The molecule has 1 aliphatic rings. The maximum atomic E-state index is 9.45. The lowest BCUT2D eigenvalue weighted by Gasteiger charge is -2.29. The van der Waals surface area contributed by atoms with E-state index < -0.39 is 0 Å². The lowest BCUT2D eigenvalue weighted by molar-refractivity contribution is 0.0832. The van der Waals surface area contributed by atoms with E-state index in [1.807, 2.05) is 12.1 Å². The average Bonchev–Trinajstić information content (AvgIpc) is 2.38. The number of ether oxygens (including phenoxy) is 1. The van der Waals surface area contributed by atoms with Gasteiger partial charge in [0, 0.05) is 19.6 Å². The number of aliphatic hydroxyl groups excluding tert-OH is 1. The lowest BCUT2D eigenvalue weighted by atomic mass is 10.1. The van der Waals surface area contributed by atoms with E-state index in [1.54, 1.807) is 7.11 Å². The van der Waals surface area contributed by atoms with Crippen LogP contribution in [0.4, 0.5) is 0 Å². The topological polar surface area (TPSA) is 32.7 Å². The van der Waals surface area contributed by atoms with Crippen molar-refractivity contribution < 1.29 is 9.84 Å². The Labute approximate surface area is 113 Å². The van der Waals surface area contributed by atoms with Crippen molar-refractivity contribution in [3.8, 4) is 5.75 Å². The van der Waals surface area contributed by atoms with Crippen LogP contribution in [0.1, 0.15) is 18.4 Å². The molecule has 1 fully saturated rings. The minimum atomic E-state index is -0.100. The Hall–Kier alpha value is -0.770. The van der Waals surface area contributed by atoms with E-state index in [4.69, 9.17) is 16.3 Å². The number of benzene rings is 1. The molecule has 0 aliphatic carbocycles. The Morgan fingerprint density at radius 1 is 1.39 bits per heavy atom. The van der Waals surface area contributed by atoms with Gasteiger partial charge >= 0.3 is 0 Å². The van der Waals surface area contributed by atoms with Gasteiger partial charge in [0.15, 0.2) is 0 Å². The van der Waals surface area contributed by atoms with Crippen molar-refractivity contribution in [3.05, 3.63) is 28.8 Å². The molecule has 0 unspecified atom stereocenters. The van der Waals surface area contributed by atoms with Crippen LogP contribution < -0.4 is 4.74 Å². The molecule has 0 saturated carbocycles. The van der Waals surface area contributed by atoms with Gasteiger partial charge in [0.25, 0.3) is 0 Å². The Bertz CT molecular complexity index is 389. The molecule has 4 heteroatoms. The molecule has 1 aliphatic heterocycles. The van der Waals surface area contributed by atoms with Crippen molar-refractivity contribution in [3.63, 3.8) is 0 Å². The molecule has 0 atom stereocenters. The second-order valence-electron chi connectivity index (χ2n) is 4.79. The van der Waals surface area contributed by atoms with Gasteiger partial charge in [-0.2, -0.15) is 0 Å². The van der Waals surface area contributed by atoms with Crippen LogP contribution in [0, 0.1) is 0 Å². The largest absolute Gasteiger partial charge is 0.495 e. The lowest BCUT2D eigenvalue weighted by Crippen LogP contribution is -2.37. The van der Waals surface area contributed by atoms with Crippen molar-refractivity contribution in [2.75, 3.05) is 26.7 Å². The van der Waals surface area contributed by atoms with E-state index in [9.17, 15) is 5.11 Å². The maximum Gasteiger partial charge on any atom is 0.137 e. The third kappa shape index (κ3) is 3.61. The quantitative estimate of drug-likeness (QED) is 0.911. The number of likely N-dealkylation sites (tertiary alicyclic amines) is 1. The molecule has 1 N–H and O–H groups in total. The van der Waals surface area contributed by atoms with Gasteiger partial charge in [0.05, 0.1) is 18.2 Å². The number of nitrogens with zero attached hydrogens (tertiary/aromatic N) is 1. The molecule has 0 radical (unpaired) electrons. The SMILES string of the molecule is COc1ccc(CCN2CCC(O)CC2)cc1Cl. The Morgan fingerprint density at radius 2 is 2.11 bits per heavy atom. The van der Waals surface area contributed by atoms with Crippen LogP contribution in [-0.4, -0.2) is 42.9 Å². The van der Waals surface area contributed by atoms with Crippen LogP contribution >= 0.6 is 11.6 Å². The molecule has 18 heavy (non-hydrogen) atoms. The first kappa shape index (κ1) is 13.7. The van der Waals surface area contributed by atoms with Gasteiger partial charge in [-0.3, -0.25) is 0 Å². The number of hydrogen-bond donors (Lipinski definition) is 1. The van der Waals surface area contributed by atoms with Gasteiger partial charge in [-0.15, -0.1) is 0 Å². The molecule has 1 saturated heterocycles. The van der Waals surface area contributed by atoms with E-state index in [-0.39, 0.29) is 6.10 Å². The highest BCUT2D eigenvalue weighted by molar-refractivity contribution is 6.32. The monoisotopic (exact) mass is 269 g/mol. The molecule has 0 bridgehead atoms. The number of aliphatic hydroxyl groups is 1. The second-order valence-corrected chi connectivity index (χ2v) is 5.20. The number of halogens is 1. The van der Waals surface area contributed by atoms with Crippen LogP contribution in [0.2, 0.25) is 5.02 Å². The first-order valence-electron chi connectivity index (χ1n) is 6.42. The number of hydrogen-bond acceptors (Lipinski definition) is 3. The number of methoxy groups -OCH3 is 1. The predicted octanol–water partition coefficient (Wildman–Crippen LogP) is 2.35. The van der Waals surface area contributed by atoms with Crippen molar-refractivity contribution in [1.82, 2.24) is 4.90 Å². The molecule has 1 aromatic rings. The predicted molar refractivity (Wildman–Crippen MR) is 73.4 cm³/mol.